The van der Waals surface area contributed by atoms with Crippen molar-refractivity contribution < 1.29 is 9.21 Å². The van der Waals surface area contributed by atoms with Crippen LogP contribution in [0.1, 0.15) is 16.9 Å². The van der Waals surface area contributed by atoms with Gasteiger partial charge in [0.2, 0.25) is 0 Å². The number of nitrogens with zero attached hydrogens (tertiary/aromatic N) is 1. The predicted octanol–water partition coefficient (Wildman–Crippen LogP) is 6.76. The van der Waals surface area contributed by atoms with Gasteiger partial charge in [0, 0.05) is 6.08 Å². The number of amidine groups is 1. The topological polar surface area (TPSA) is 54.6 Å². The van der Waals surface area contributed by atoms with Gasteiger partial charge in [0.25, 0.3) is 5.91 Å². The highest BCUT2D eigenvalue weighted by molar-refractivity contribution is 8.18. The van der Waals surface area contributed by atoms with Crippen molar-refractivity contribution in [3.8, 4) is 11.3 Å². The maximum Gasteiger partial charge on any atom is 0.264 e. The normalized spacial score (nSPS) is 16.6. The van der Waals surface area contributed by atoms with Crippen LogP contribution in [0.2, 0.25) is 10.0 Å². The second-order valence-corrected chi connectivity index (χ2v) is 8.34. The number of carbonyl (C=O) groups excluding carboxylic acids is 1. The molecular weight excluding hydrogens is 427 g/mol. The van der Waals surface area contributed by atoms with Crippen LogP contribution < -0.4 is 5.32 Å². The fourth-order valence-electron chi connectivity index (χ4n) is 2.87. The van der Waals surface area contributed by atoms with Crippen LogP contribution in [0, 0.1) is 13.8 Å². The third-order valence-corrected chi connectivity index (χ3v) is 6.10. The first-order chi connectivity index (χ1) is 13.9. The van der Waals surface area contributed by atoms with E-state index in [1.807, 2.05) is 32.0 Å². The lowest BCUT2D eigenvalue weighted by molar-refractivity contribution is -0.115. The van der Waals surface area contributed by atoms with Gasteiger partial charge in [-0.25, -0.2) is 4.99 Å². The summed E-state index contributed by atoms with van der Waals surface area (Å²) in [7, 11) is 0. The van der Waals surface area contributed by atoms with Crippen LogP contribution in [-0.2, 0) is 4.79 Å². The molecule has 29 heavy (non-hydrogen) atoms. The largest absolute Gasteiger partial charge is 0.457 e. The molecule has 0 bridgehead atoms. The Balaban J connectivity index is 1.60. The highest BCUT2D eigenvalue weighted by atomic mass is 35.5. The lowest BCUT2D eigenvalue weighted by atomic mass is 10.1. The van der Waals surface area contributed by atoms with Crippen molar-refractivity contribution in [2.75, 3.05) is 0 Å². The quantitative estimate of drug-likeness (QED) is 0.455. The zero-order chi connectivity index (χ0) is 20.5. The van der Waals surface area contributed by atoms with Gasteiger partial charge < -0.3 is 9.73 Å². The summed E-state index contributed by atoms with van der Waals surface area (Å²) in [5.41, 5.74) is 3.70. The summed E-state index contributed by atoms with van der Waals surface area (Å²) in [4.78, 5) is 17.4. The minimum Gasteiger partial charge on any atom is -0.457 e. The zero-order valence-corrected chi connectivity index (χ0v) is 18.0. The molecule has 0 spiro atoms. The molecule has 4 nitrogen and oxygen atoms in total. The Morgan fingerprint density at radius 1 is 1.03 bits per heavy atom. The second kappa shape index (κ2) is 8.11. The molecule has 4 rings (SSSR count). The first-order valence-electron chi connectivity index (χ1n) is 8.82. The Morgan fingerprint density at radius 2 is 1.76 bits per heavy atom. The van der Waals surface area contributed by atoms with Crippen LogP contribution in [0.15, 0.2) is 62.8 Å². The van der Waals surface area contributed by atoms with Crippen LogP contribution in [0.5, 0.6) is 0 Å². The number of carbonyl (C=O) groups is 1. The van der Waals surface area contributed by atoms with Gasteiger partial charge in [-0.15, -0.1) is 0 Å². The van der Waals surface area contributed by atoms with Crippen molar-refractivity contribution in [1.29, 1.82) is 0 Å². The van der Waals surface area contributed by atoms with Crippen LogP contribution >= 0.6 is 35.0 Å². The molecule has 1 fully saturated rings. The summed E-state index contributed by atoms with van der Waals surface area (Å²) in [6.07, 6.45) is 1.68. The number of halogens is 2. The number of aryl methyl sites for hydroxylation is 1. The number of rotatable bonds is 3. The number of amides is 1. The number of aliphatic imine (C=N–C) groups is 1. The predicted molar refractivity (Wildman–Crippen MR) is 121 cm³/mol. The van der Waals surface area contributed by atoms with Crippen molar-refractivity contribution in [3.05, 3.63) is 80.4 Å². The van der Waals surface area contributed by atoms with Gasteiger partial charge in [0.1, 0.15) is 11.5 Å². The fraction of sp³-hybridized carbons (Fsp3) is 0.0909. The molecule has 3 aromatic rings. The molecule has 7 heteroatoms. The van der Waals surface area contributed by atoms with E-state index < -0.39 is 0 Å². The number of furan rings is 1. The van der Waals surface area contributed by atoms with Gasteiger partial charge in [-0.05, 0) is 67.1 Å². The first kappa shape index (κ1) is 19.8. The number of hydrogen-bond acceptors (Lipinski definition) is 4. The van der Waals surface area contributed by atoms with Crippen molar-refractivity contribution >= 4 is 57.8 Å². The molecule has 1 saturated heterocycles. The van der Waals surface area contributed by atoms with E-state index in [0.29, 0.717) is 37.2 Å². The molecule has 146 valence electrons. The van der Waals surface area contributed by atoms with E-state index in [1.54, 1.807) is 36.4 Å². The lowest BCUT2D eigenvalue weighted by Crippen LogP contribution is -2.19. The summed E-state index contributed by atoms with van der Waals surface area (Å²) >= 11 is 13.8. The van der Waals surface area contributed by atoms with E-state index in [-0.39, 0.29) is 5.91 Å². The Hall–Kier alpha value is -2.47. The molecule has 1 aromatic heterocycles. The number of benzene rings is 2. The fourth-order valence-corrected chi connectivity index (χ4v) is 4.27. The van der Waals surface area contributed by atoms with Crippen molar-refractivity contribution in [1.82, 2.24) is 5.32 Å². The molecule has 2 heterocycles. The monoisotopic (exact) mass is 442 g/mol. The molecule has 1 aliphatic heterocycles. The van der Waals surface area contributed by atoms with Crippen molar-refractivity contribution in [2.24, 2.45) is 4.99 Å². The molecule has 1 aliphatic rings. The van der Waals surface area contributed by atoms with E-state index in [0.717, 1.165) is 16.8 Å². The molecule has 0 atom stereocenters. The van der Waals surface area contributed by atoms with E-state index in [1.165, 1.54) is 11.8 Å². The third kappa shape index (κ3) is 4.13. The first-order valence-corrected chi connectivity index (χ1v) is 10.4. The number of hydrogen-bond donors (Lipinski definition) is 1. The highest BCUT2D eigenvalue weighted by Gasteiger charge is 2.24. The second-order valence-electron chi connectivity index (χ2n) is 6.50. The van der Waals surface area contributed by atoms with E-state index in [4.69, 9.17) is 27.6 Å². The Morgan fingerprint density at radius 3 is 2.52 bits per heavy atom. The summed E-state index contributed by atoms with van der Waals surface area (Å²) < 4.78 is 5.85. The standard InChI is InChI=1S/C22H16Cl2N2O2S/c1-12-5-3-8-17(13(12)2)25-22-26-21(27)19(29-22)11-14-9-10-18(28-14)20-15(23)6-4-7-16(20)24/h3-11H,1-2H3,(H,25,26,27)/b19-11+. The van der Waals surface area contributed by atoms with Gasteiger partial charge in [0.15, 0.2) is 5.17 Å². The molecule has 0 aliphatic carbocycles. The minimum absolute atomic E-state index is 0.215. The van der Waals surface area contributed by atoms with E-state index in [9.17, 15) is 4.79 Å². The van der Waals surface area contributed by atoms with Crippen LogP contribution in [0.3, 0.4) is 0 Å². The van der Waals surface area contributed by atoms with Gasteiger partial charge in [-0.3, -0.25) is 4.79 Å². The molecule has 2 aromatic carbocycles. The Kier molecular flexibility index (Phi) is 5.54. The van der Waals surface area contributed by atoms with Gasteiger partial charge in [-0.2, -0.15) is 0 Å². The SMILES string of the molecule is Cc1cccc(N=C2NC(=O)/C(=C\c3ccc(-c4c(Cl)cccc4Cl)o3)S2)c1C. The third-order valence-electron chi connectivity index (χ3n) is 4.56. The van der Waals surface area contributed by atoms with Crippen LogP contribution in [0.4, 0.5) is 5.69 Å². The summed E-state index contributed by atoms with van der Waals surface area (Å²) in [6.45, 7) is 4.04. The summed E-state index contributed by atoms with van der Waals surface area (Å²) in [6, 6.07) is 14.7. The van der Waals surface area contributed by atoms with E-state index in [2.05, 4.69) is 10.3 Å². The van der Waals surface area contributed by atoms with Gasteiger partial charge in [0.05, 0.1) is 26.2 Å². The smallest absolute Gasteiger partial charge is 0.264 e. The Labute approximate surface area is 182 Å². The minimum atomic E-state index is -0.215. The van der Waals surface area contributed by atoms with Crippen molar-refractivity contribution in [3.63, 3.8) is 0 Å². The summed E-state index contributed by atoms with van der Waals surface area (Å²) in [5, 5.41) is 4.34. The molecular formula is C22H16Cl2N2O2S. The van der Waals surface area contributed by atoms with Crippen LogP contribution in [-0.4, -0.2) is 11.1 Å². The van der Waals surface area contributed by atoms with E-state index >= 15 is 0 Å². The van der Waals surface area contributed by atoms with Crippen LogP contribution in [0.25, 0.3) is 17.4 Å². The van der Waals surface area contributed by atoms with Gasteiger partial charge >= 0.3 is 0 Å². The van der Waals surface area contributed by atoms with Gasteiger partial charge in [-0.1, -0.05) is 41.4 Å². The average molecular weight is 443 g/mol. The molecule has 0 unspecified atom stereocenters. The molecule has 1 amide bonds. The lowest BCUT2D eigenvalue weighted by Gasteiger charge is -2.04. The summed E-state index contributed by atoms with van der Waals surface area (Å²) in [5.74, 6) is 0.856. The number of thioether (sulfide) groups is 1. The highest BCUT2D eigenvalue weighted by Crippen LogP contribution is 2.36. The molecule has 0 radical (unpaired) electrons. The Bertz CT molecular complexity index is 1160. The maximum atomic E-state index is 12.4. The maximum absolute atomic E-state index is 12.4. The zero-order valence-electron chi connectivity index (χ0n) is 15.6. The molecule has 0 saturated carbocycles. The molecule has 1 N–H and O–H groups in total. The number of nitrogens with one attached hydrogen (secondary N) is 1. The van der Waals surface area contributed by atoms with Crippen molar-refractivity contribution in [2.45, 2.75) is 13.8 Å². The average Bonchev–Trinajstić information content (AvgIpc) is 3.26.